The van der Waals surface area contributed by atoms with Gasteiger partial charge in [-0.15, -0.1) is 0 Å². The minimum atomic E-state index is -3.16. The van der Waals surface area contributed by atoms with E-state index in [4.69, 9.17) is 5.73 Å². The number of piperidine rings is 1. The molecule has 132 valence electrons. The first-order valence-electron chi connectivity index (χ1n) is 8.48. The highest BCUT2D eigenvalue weighted by atomic mass is 32.2. The largest absolute Gasteiger partial charge is 0.399 e. The van der Waals surface area contributed by atoms with E-state index in [1.165, 1.54) is 16.1 Å². The summed E-state index contributed by atoms with van der Waals surface area (Å²) in [5.74, 6) is -0.0695. The van der Waals surface area contributed by atoms with Crippen molar-refractivity contribution in [3.05, 3.63) is 29.3 Å². The number of carbonyl (C=O) groups excluding carboxylic acids is 1. The van der Waals surface area contributed by atoms with E-state index in [0.29, 0.717) is 25.9 Å². The van der Waals surface area contributed by atoms with Crippen LogP contribution >= 0.6 is 0 Å². The number of anilines is 1. The predicted molar refractivity (Wildman–Crippen MR) is 93.8 cm³/mol. The van der Waals surface area contributed by atoms with E-state index in [1.807, 2.05) is 18.2 Å². The summed E-state index contributed by atoms with van der Waals surface area (Å²) in [4.78, 5) is 12.6. The van der Waals surface area contributed by atoms with Gasteiger partial charge in [0.25, 0.3) is 0 Å². The fourth-order valence-electron chi connectivity index (χ4n) is 3.72. The first-order chi connectivity index (χ1) is 11.3. The van der Waals surface area contributed by atoms with Crippen LogP contribution in [0.2, 0.25) is 0 Å². The SMILES string of the molecule is CS(=O)(=O)N1CCC(C(=O)NC2CCCc3cc(N)ccc32)CC1. The normalized spacial score (nSPS) is 22.8. The van der Waals surface area contributed by atoms with Gasteiger partial charge in [-0.1, -0.05) is 6.07 Å². The Morgan fingerprint density at radius 2 is 1.96 bits per heavy atom. The summed E-state index contributed by atoms with van der Waals surface area (Å²) in [6.07, 6.45) is 5.36. The second-order valence-corrected chi connectivity index (χ2v) is 8.83. The molecule has 3 N–H and O–H groups in total. The lowest BCUT2D eigenvalue weighted by Crippen LogP contribution is -2.43. The summed E-state index contributed by atoms with van der Waals surface area (Å²) >= 11 is 0. The topological polar surface area (TPSA) is 92.5 Å². The Morgan fingerprint density at radius 3 is 2.62 bits per heavy atom. The first kappa shape index (κ1) is 17.2. The number of aryl methyl sites for hydroxylation is 1. The number of carbonyl (C=O) groups is 1. The molecule has 1 aromatic carbocycles. The minimum absolute atomic E-state index is 0.0368. The molecule has 2 aliphatic rings. The summed E-state index contributed by atoms with van der Waals surface area (Å²) in [5, 5.41) is 3.17. The zero-order chi connectivity index (χ0) is 17.3. The number of nitrogens with one attached hydrogen (secondary N) is 1. The maximum Gasteiger partial charge on any atom is 0.223 e. The Hall–Kier alpha value is -1.60. The molecule has 1 fully saturated rings. The number of benzene rings is 1. The average molecular weight is 351 g/mol. The summed E-state index contributed by atoms with van der Waals surface area (Å²) in [6.45, 7) is 0.851. The molecule has 1 heterocycles. The van der Waals surface area contributed by atoms with Gasteiger partial charge in [0.2, 0.25) is 15.9 Å². The van der Waals surface area contributed by atoms with Gasteiger partial charge in [0, 0.05) is 24.7 Å². The van der Waals surface area contributed by atoms with Gasteiger partial charge in [0.15, 0.2) is 0 Å². The molecule has 0 spiro atoms. The Morgan fingerprint density at radius 1 is 1.25 bits per heavy atom. The van der Waals surface area contributed by atoms with Crippen molar-refractivity contribution in [2.75, 3.05) is 25.1 Å². The third-order valence-corrected chi connectivity index (χ3v) is 6.39. The molecule has 0 radical (unpaired) electrons. The first-order valence-corrected chi connectivity index (χ1v) is 10.3. The second kappa shape index (κ2) is 6.72. The van der Waals surface area contributed by atoms with Crippen molar-refractivity contribution in [3.63, 3.8) is 0 Å². The minimum Gasteiger partial charge on any atom is -0.399 e. The van der Waals surface area contributed by atoms with E-state index in [9.17, 15) is 13.2 Å². The van der Waals surface area contributed by atoms with E-state index in [0.717, 1.165) is 30.5 Å². The standard InChI is InChI=1S/C17H25N3O3S/c1-24(22,23)20-9-7-12(8-10-20)17(21)19-16-4-2-3-13-11-14(18)5-6-15(13)16/h5-6,11-12,16H,2-4,7-10,18H2,1H3,(H,19,21). The van der Waals surface area contributed by atoms with Crippen LogP contribution < -0.4 is 11.1 Å². The van der Waals surface area contributed by atoms with Gasteiger partial charge >= 0.3 is 0 Å². The van der Waals surface area contributed by atoms with Gasteiger partial charge in [-0.2, -0.15) is 0 Å². The summed E-state index contributed by atoms with van der Waals surface area (Å²) in [7, 11) is -3.16. The maximum absolute atomic E-state index is 12.6. The van der Waals surface area contributed by atoms with E-state index < -0.39 is 10.0 Å². The number of nitrogens with zero attached hydrogens (tertiary/aromatic N) is 1. The van der Waals surface area contributed by atoms with Crippen LogP contribution in [0.1, 0.15) is 42.9 Å². The van der Waals surface area contributed by atoms with Crippen molar-refractivity contribution >= 4 is 21.6 Å². The molecule has 1 amide bonds. The van der Waals surface area contributed by atoms with Crippen molar-refractivity contribution in [2.45, 2.75) is 38.1 Å². The number of nitrogens with two attached hydrogens (primary N) is 1. The van der Waals surface area contributed by atoms with Crippen LogP contribution in [0, 0.1) is 5.92 Å². The molecule has 1 aliphatic heterocycles. The van der Waals surface area contributed by atoms with Crippen LogP contribution in [-0.4, -0.2) is 38.0 Å². The molecule has 1 atom stereocenters. The summed E-state index contributed by atoms with van der Waals surface area (Å²) in [6, 6.07) is 5.93. The lowest BCUT2D eigenvalue weighted by molar-refractivity contribution is -0.127. The zero-order valence-electron chi connectivity index (χ0n) is 14.0. The van der Waals surface area contributed by atoms with Crippen molar-refractivity contribution in [1.82, 2.24) is 9.62 Å². The third-order valence-electron chi connectivity index (χ3n) is 5.09. The maximum atomic E-state index is 12.6. The Labute approximate surface area is 143 Å². The summed E-state index contributed by atoms with van der Waals surface area (Å²) in [5.41, 5.74) is 9.00. The molecule has 3 rings (SSSR count). The molecule has 1 aromatic rings. The molecule has 0 saturated carbocycles. The quantitative estimate of drug-likeness (QED) is 0.806. The molecule has 7 heteroatoms. The lowest BCUT2D eigenvalue weighted by Gasteiger charge is -2.32. The smallest absolute Gasteiger partial charge is 0.223 e. The highest BCUT2D eigenvalue weighted by Crippen LogP contribution is 2.31. The molecular weight excluding hydrogens is 326 g/mol. The number of amides is 1. The van der Waals surface area contributed by atoms with Crippen LogP contribution in [-0.2, 0) is 21.2 Å². The summed E-state index contributed by atoms with van der Waals surface area (Å²) < 4.78 is 24.6. The lowest BCUT2D eigenvalue weighted by atomic mass is 9.86. The Balaban J connectivity index is 1.63. The second-order valence-electron chi connectivity index (χ2n) is 6.85. The monoisotopic (exact) mass is 351 g/mol. The molecule has 1 saturated heterocycles. The molecule has 1 aliphatic carbocycles. The van der Waals surface area contributed by atoms with Crippen molar-refractivity contribution in [2.24, 2.45) is 5.92 Å². The average Bonchev–Trinajstić information content (AvgIpc) is 2.54. The molecular formula is C17H25N3O3S. The van der Waals surface area contributed by atoms with E-state index in [1.54, 1.807) is 0 Å². The van der Waals surface area contributed by atoms with Crippen LogP contribution in [0.3, 0.4) is 0 Å². The highest BCUT2D eigenvalue weighted by molar-refractivity contribution is 7.88. The van der Waals surface area contributed by atoms with Gasteiger partial charge in [-0.3, -0.25) is 4.79 Å². The van der Waals surface area contributed by atoms with E-state index >= 15 is 0 Å². The third kappa shape index (κ3) is 3.72. The predicted octanol–water partition coefficient (Wildman–Crippen LogP) is 1.43. The van der Waals surface area contributed by atoms with Crippen LogP contribution in [0.4, 0.5) is 5.69 Å². The molecule has 24 heavy (non-hydrogen) atoms. The Kier molecular flexibility index (Phi) is 4.83. The van der Waals surface area contributed by atoms with Gasteiger partial charge in [-0.05, 0) is 55.4 Å². The number of hydrogen-bond donors (Lipinski definition) is 2. The number of fused-ring (bicyclic) bond motifs is 1. The van der Waals surface area contributed by atoms with Crippen molar-refractivity contribution in [1.29, 1.82) is 0 Å². The van der Waals surface area contributed by atoms with Gasteiger partial charge < -0.3 is 11.1 Å². The molecule has 1 unspecified atom stereocenters. The number of nitrogen functional groups attached to an aromatic ring is 1. The van der Waals surface area contributed by atoms with Crippen LogP contribution in [0.5, 0.6) is 0 Å². The van der Waals surface area contributed by atoms with Gasteiger partial charge in [-0.25, -0.2) is 12.7 Å². The fraction of sp³-hybridized carbons (Fsp3) is 0.588. The number of rotatable bonds is 3. The Bertz CT molecular complexity index is 725. The van der Waals surface area contributed by atoms with E-state index in [-0.39, 0.29) is 17.9 Å². The number of sulfonamides is 1. The van der Waals surface area contributed by atoms with Crippen LogP contribution in [0.25, 0.3) is 0 Å². The molecule has 0 aromatic heterocycles. The van der Waals surface area contributed by atoms with Gasteiger partial charge in [0.05, 0.1) is 12.3 Å². The van der Waals surface area contributed by atoms with Gasteiger partial charge in [0.1, 0.15) is 0 Å². The number of hydrogen-bond acceptors (Lipinski definition) is 4. The molecule has 0 bridgehead atoms. The van der Waals surface area contributed by atoms with Crippen LogP contribution in [0.15, 0.2) is 18.2 Å². The van der Waals surface area contributed by atoms with E-state index in [2.05, 4.69) is 5.32 Å². The highest BCUT2D eigenvalue weighted by Gasteiger charge is 2.31. The zero-order valence-corrected chi connectivity index (χ0v) is 14.8. The molecule has 6 nitrogen and oxygen atoms in total. The van der Waals surface area contributed by atoms with Crippen molar-refractivity contribution in [3.8, 4) is 0 Å². The van der Waals surface area contributed by atoms with Crippen molar-refractivity contribution < 1.29 is 13.2 Å². The fourth-order valence-corrected chi connectivity index (χ4v) is 4.60.